The molecular formula is C19H23F2NO5. The molecule has 2 fully saturated rings. The third kappa shape index (κ3) is 3.42. The Hall–Kier alpha value is -2.09. The maximum Gasteiger partial charge on any atom is 0.344 e. The Morgan fingerprint density at radius 3 is 2.63 bits per heavy atom. The van der Waals surface area contributed by atoms with Crippen molar-refractivity contribution < 1.29 is 33.0 Å². The van der Waals surface area contributed by atoms with E-state index in [1.165, 1.54) is 18.0 Å². The minimum Gasteiger partial charge on any atom is -0.479 e. The highest BCUT2D eigenvalue weighted by atomic mass is 19.3. The molecule has 0 aromatic rings. The van der Waals surface area contributed by atoms with Gasteiger partial charge in [0.05, 0.1) is 18.7 Å². The molecule has 2 heterocycles. The van der Waals surface area contributed by atoms with Crippen molar-refractivity contribution in [3.8, 4) is 0 Å². The van der Waals surface area contributed by atoms with E-state index in [1.54, 1.807) is 0 Å². The molecule has 0 spiro atoms. The maximum absolute atomic E-state index is 12.9. The number of aliphatic carboxylic acids is 1. The van der Waals surface area contributed by atoms with Gasteiger partial charge in [0.15, 0.2) is 11.6 Å². The average Bonchev–Trinajstić information content (AvgIpc) is 3.32. The summed E-state index contributed by atoms with van der Waals surface area (Å²) in [4.78, 5) is 38.6. The van der Waals surface area contributed by atoms with Crippen molar-refractivity contribution >= 4 is 17.5 Å². The van der Waals surface area contributed by atoms with E-state index < -0.39 is 41.9 Å². The zero-order valence-electron chi connectivity index (χ0n) is 15.3. The third-order valence-electron chi connectivity index (χ3n) is 5.90. The molecule has 0 amide bonds. The fraction of sp³-hybridized carbons (Fsp3) is 0.632. The molecule has 1 aliphatic carbocycles. The van der Waals surface area contributed by atoms with Crippen LogP contribution in [0.3, 0.4) is 0 Å². The standard InChI is InChI=1S/C19H23F2NO5/c1-3-10-6-12(10)13-9-27-19(16(13)24,18(25)26)7-15(23)11-4-5-14(17(20)21)22(2)8-11/h4-5,10,12-13,17H,3,6-9H2,1-2H3,(H,25,26). The van der Waals surface area contributed by atoms with Gasteiger partial charge in [0, 0.05) is 25.1 Å². The first-order valence-electron chi connectivity index (χ1n) is 9.06. The molecule has 8 heteroatoms. The zero-order valence-corrected chi connectivity index (χ0v) is 15.3. The molecule has 1 N–H and O–H groups in total. The van der Waals surface area contributed by atoms with Crippen molar-refractivity contribution in [2.75, 3.05) is 20.2 Å². The smallest absolute Gasteiger partial charge is 0.344 e. The fourth-order valence-electron chi connectivity index (χ4n) is 4.08. The highest BCUT2D eigenvalue weighted by molar-refractivity contribution is 6.14. The predicted molar refractivity (Wildman–Crippen MR) is 91.1 cm³/mol. The van der Waals surface area contributed by atoms with Gasteiger partial charge in [0.2, 0.25) is 5.60 Å². The first-order valence-corrected chi connectivity index (χ1v) is 9.06. The molecule has 2 aliphatic heterocycles. The molecule has 4 unspecified atom stereocenters. The number of hydrogen-bond donors (Lipinski definition) is 1. The lowest BCUT2D eigenvalue weighted by atomic mass is 9.84. The summed E-state index contributed by atoms with van der Waals surface area (Å²) in [7, 11) is 1.43. The number of carbonyl (C=O) groups excluding carboxylic acids is 2. The molecular weight excluding hydrogens is 360 g/mol. The molecule has 27 heavy (non-hydrogen) atoms. The topological polar surface area (TPSA) is 83.9 Å². The molecule has 1 saturated heterocycles. The van der Waals surface area contributed by atoms with Crippen LogP contribution in [0.2, 0.25) is 0 Å². The van der Waals surface area contributed by atoms with Crippen LogP contribution >= 0.6 is 0 Å². The number of ether oxygens (including phenoxy) is 1. The molecule has 3 rings (SSSR count). The Balaban J connectivity index is 1.77. The van der Waals surface area contributed by atoms with Crippen LogP contribution in [0.5, 0.6) is 0 Å². The summed E-state index contributed by atoms with van der Waals surface area (Å²) in [6, 6.07) is 0. The molecule has 0 aromatic carbocycles. The number of halogens is 2. The molecule has 0 aromatic heterocycles. The number of nitrogens with zero attached hydrogens (tertiary/aromatic N) is 1. The highest BCUT2D eigenvalue weighted by Gasteiger charge is 2.61. The van der Waals surface area contributed by atoms with Gasteiger partial charge in [-0.25, -0.2) is 13.6 Å². The summed E-state index contributed by atoms with van der Waals surface area (Å²) < 4.78 is 31.1. The molecule has 148 valence electrons. The van der Waals surface area contributed by atoms with Gasteiger partial charge in [-0.2, -0.15) is 0 Å². The second-order valence-corrected chi connectivity index (χ2v) is 7.52. The lowest BCUT2D eigenvalue weighted by Crippen LogP contribution is -2.48. The lowest BCUT2D eigenvalue weighted by Gasteiger charge is -2.27. The van der Waals surface area contributed by atoms with Gasteiger partial charge in [-0.3, -0.25) is 9.59 Å². The SMILES string of the molecule is CCC1CC1C1COC(CC(=O)C2=CC=C(C(F)F)N(C)C2)(C(=O)O)C1=O. The number of rotatable bonds is 7. The van der Waals surface area contributed by atoms with E-state index in [9.17, 15) is 28.3 Å². The molecule has 1 saturated carbocycles. The second kappa shape index (κ2) is 7.14. The predicted octanol–water partition coefficient (Wildman–Crippen LogP) is 2.05. The zero-order chi connectivity index (χ0) is 19.9. The van der Waals surface area contributed by atoms with Crippen LogP contribution in [-0.2, 0) is 19.1 Å². The van der Waals surface area contributed by atoms with Gasteiger partial charge < -0.3 is 14.7 Å². The van der Waals surface area contributed by atoms with E-state index >= 15 is 0 Å². The van der Waals surface area contributed by atoms with E-state index in [2.05, 4.69) is 0 Å². The van der Waals surface area contributed by atoms with Gasteiger partial charge in [-0.1, -0.05) is 19.4 Å². The number of Topliss-reactive ketones (excluding diaryl/α,β-unsaturated/α-hetero) is 2. The van der Waals surface area contributed by atoms with Crippen molar-refractivity contribution in [2.45, 2.75) is 38.2 Å². The minimum atomic E-state index is -2.67. The Bertz CT molecular complexity index is 732. The largest absolute Gasteiger partial charge is 0.479 e. The van der Waals surface area contributed by atoms with Crippen LogP contribution in [-0.4, -0.2) is 59.8 Å². The van der Waals surface area contributed by atoms with E-state index in [0.29, 0.717) is 5.92 Å². The van der Waals surface area contributed by atoms with Crippen molar-refractivity contribution in [1.29, 1.82) is 0 Å². The maximum atomic E-state index is 12.9. The summed E-state index contributed by atoms with van der Waals surface area (Å²) in [6.45, 7) is 1.96. The monoisotopic (exact) mass is 383 g/mol. The van der Waals surface area contributed by atoms with Gasteiger partial charge in [-0.05, 0) is 24.3 Å². The van der Waals surface area contributed by atoms with Crippen molar-refractivity contribution in [1.82, 2.24) is 4.90 Å². The van der Waals surface area contributed by atoms with Gasteiger partial charge >= 0.3 is 5.97 Å². The Morgan fingerprint density at radius 1 is 1.41 bits per heavy atom. The minimum absolute atomic E-state index is 0.00790. The average molecular weight is 383 g/mol. The molecule has 0 radical (unpaired) electrons. The van der Waals surface area contributed by atoms with E-state index in [4.69, 9.17) is 4.74 Å². The van der Waals surface area contributed by atoms with E-state index in [1.807, 2.05) is 6.92 Å². The molecule has 6 nitrogen and oxygen atoms in total. The van der Waals surface area contributed by atoms with Crippen molar-refractivity contribution in [3.63, 3.8) is 0 Å². The summed E-state index contributed by atoms with van der Waals surface area (Å²) in [5.41, 5.74) is -2.21. The number of carboxylic acids is 1. The molecule has 0 bridgehead atoms. The highest BCUT2D eigenvalue weighted by Crippen LogP contribution is 2.50. The van der Waals surface area contributed by atoms with Gasteiger partial charge in [0.1, 0.15) is 0 Å². The number of ketones is 2. The second-order valence-electron chi connectivity index (χ2n) is 7.52. The van der Waals surface area contributed by atoms with Crippen molar-refractivity contribution in [3.05, 3.63) is 23.4 Å². The summed E-state index contributed by atoms with van der Waals surface area (Å²) >= 11 is 0. The number of likely N-dealkylation sites (N-methyl/N-ethyl adjacent to an activating group) is 1. The van der Waals surface area contributed by atoms with Crippen LogP contribution < -0.4 is 0 Å². The van der Waals surface area contributed by atoms with Gasteiger partial charge in [-0.15, -0.1) is 0 Å². The molecule has 3 aliphatic rings. The number of hydrogen-bond acceptors (Lipinski definition) is 5. The first-order chi connectivity index (χ1) is 12.7. The summed E-state index contributed by atoms with van der Waals surface area (Å²) in [6.07, 6.45) is 0.926. The Labute approximate surface area is 155 Å². The number of carbonyl (C=O) groups is 3. The van der Waals surface area contributed by atoms with Gasteiger partial charge in [0.25, 0.3) is 6.43 Å². The Kier molecular flexibility index (Phi) is 5.20. The van der Waals surface area contributed by atoms with Crippen molar-refractivity contribution in [2.24, 2.45) is 17.8 Å². The van der Waals surface area contributed by atoms with Crippen LogP contribution in [0.4, 0.5) is 8.78 Å². The van der Waals surface area contributed by atoms with E-state index in [0.717, 1.165) is 18.9 Å². The lowest BCUT2D eigenvalue weighted by molar-refractivity contribution is -0.166. The first kappa shape index (κ1) is 19.7. The number of alkyl halides is 2. The van der Waals surface area contributed by atoms with E-state index in [-0.39, 0.29) is 30.3 Å². The Morgan fingerprint density at radius 2 is 2.11 bits per heavy atom. The molecule has 4 atom stereocenters. The third-order valence-corrected chi connectivity index (χ3v) is 5.90. The van der Waals surface area contributed by atoms with Crippen LogP contribution in [0.15, 0.2) is 23.4 Å². The number of carboxylic acid groups (broad SMARTS) is 1. The van der Waals surface area contributed by atoms with Crippen LogP contribution in [0.1, 0.15) is 26.2 Å². The summed E-state index contributed by atoms with van der Waals surface area (Å²) in [5.74, 6) is -2.56. The fourth-order valence-corrected chi connectivity index (χ4v) is 4.08. The summed E-state index contributed by atoms with van der Waals surface area (Å²) in [5, 5.41) is 9.65. The normalized spacial score (nSPS) is 33.1. The van der Waals surface area contributed by atoms with Crippen LogP contribution in [0, 0.1) is 17.8 Å². The quantitative estimate of drug-likeness (QED) is 0.678. The number of allylic oxidation sites excluding steroid dienone is 3. The van der Waals surface area contributed by atoms with Crippen LogP contribution in [0.25, 0.3) is 0 Å².